The third-order valence-corrected chi connectivity index (χ3v) is 4.16. The summed E-state index contributed by atoms with van der Waals surface area (Å²) in [5.74, 6) is 0.405. The molecule has 0 saturated heterocycles. The molecule has 5 heteroatoms. The van der Waals surface area contributed by atoms with E-state index in [1.807, 2.05) is 24.3 Å². The molecule has 0 saturated carbocycles. The van der Waals surface area contributed by atoms with E-state index in [-0.39, 0.29) is 5.41 Å². The van der Waals surface area contributed by atoms with Gasteiger partial charge in [0.2, 0.25) is 0 Å². The van der Waals surface area contributed by atoms with Crippen LogP contribution in [0.25, 0.3) is 0 Å². The van der Waals surface area contributed by atoms with Gasteiger partial charge >= 0.3 is 0 Å². The van der Waals surface area contributed by atoms with E-state index in [9.17, 15) is 10.1 Å². The first-order chi connectivity index (χ1) is 12.3. The van der Waals surface area contributed by atoms with Gasteiger partial charge in [0.25, 0.3) is 5.91 Å². The Hall–Kier alpha value is -3.00. The van der Waals surface area contributed by atoms with Gasteiger partial charge in [-0.2, -0.15) is 5.26 Å². The van der Waals surface area contributed by atoms with Crippen LogP contribution in [0.4, 0.5) is 0 Å². The lowest BCUT2D eigenvalue weighted by Gasteiger charge is -2.20. The molecule has 0 fully saturated rings. The Bertz CT molecular complexity index is 815. The van der Waals surface area contributed by atoms with Crippen LogP contribution in [0.2, 0.25) is 0 Å². The molecule has 1 atom stereocenters. The smallest absolute Gasteiger partial charge is 0.256 e. The number of nitrogens with one attached hydrogen (secondary N) is 1. The molecule has 0 aliphatic heterocycles. The molecule has 0 bridgehead atoms. The Morgan fingerprint density at radius 3 is 2.23 bits per heavy atom. The van der Waals surface area contributed by atoms with Crippen LogP contribution < -0.4 is 14.8 Å². The fraction of sp³-hybridized carbons (Fsp3) is 0.333. The third kappa shape index (κ3) is 4.15. The number of amides is 1. The average Bonchev–Trinajstić information content (AvgIpc) is 2.64. The highest BCUT2D eigenvalue weighted by molar-refractivity contribution is 5.98. The Balaban J connectivity index is 2.26. The Kier molecular flexibility index (Phi) is 5.89. The predicted octanol–water partition coefficient (Wildman–Crippen LogP) is 4.00. The molecule has 1 N–H and O–H groups in total. The fourth-order valence-corrected chi connectivity index (χ4v) is 2.64. The predicted molar refractivity (Wildman–Crippen MR) is 101 cm³/mol. The lowest BCUT2D eigenvalue weighted by atomic mass is 9.86. The van der Waals surface area contributed by atoms with Crippen molar-refractivity contribution in [3.63, 3.8) is 0 Å². The van der Waals surface area contributed by atoms with Gasteiger partial charge in [-0.3, -0.25) is 4.79 Å². The van der Waals surface area contributed by atoms with Crippen molar-refractivity contribution in [1.29, 1.82) is 5.26 Å². The first kappa shape index (κ1) is 19.3. The van der Waals surface area contributed by atoms with Crippen LogP contribution >= 0.6 is 0 Å². The highest BCUT2D eigenvalue weighted by Crippen LogP contribution is 2.31. The number of nitrogens with zero attached hydrogens (tertiary/aromatic N) is 1. The third-order valence-electron chi connectivity index (χ3n) is 4.16. The van der Waals surface area contributed by atoms with Gasteiger partial charge in [0.1, 0.15) is 6.04 Å². The number of para-hydroxylation sites is 1. The van der Waals surface area contributed by atoms with Crippen molar-refractivity contribution >= 4 is 5.91 Å². The zero-order chi connectivity index (χ0) is 19.3. The number of carbonyl (C=O) groups excluding carboxylic acids is 1. The number of rotatable bonds is 5. The van der Waals surface area contributed by atoms with Crippen LogP contribution in [0.15, 0.2) is 42.5 Å². The topological polar surface area (TPSA) is 71.3 Å². The summed E-state index contributed by atoms with van der Waals surface area (Å²) < 4.78 is 10.5. The molecule has 2 aromatic carbocycles. The van der Waals surface area contributed by atoms with Crippen LogP contribution in [0.3, 0.4) is 0 Å². The zero-order valence-electron chi connectivity index (χ0n) is 15.8. The normalized spacial score (nSPS) is 12.0. The SMILES string of the molecule is COc1cccc(C(=O)NC(C#N)c2ccc(C(C)(C)C)cc2)c1OC. The second kappa shape index (κ2) is 7.92. The van der Waals surface area contributed by atoms with Crippen molar-refractivity contribution in [2.24, 2.45) is 0 Å². The van der Waals surface area contributed by atoms with Crippen molar-refractivity contribution in [3.05, 3.63) is 59.2 Å². The van der Waals surface area contributed by atoms with Crippen LogP contribution in [0.1, 0.15) is 48.3 Å². The Morgan fingerprint density at radius 2 is 1.73 bits per heavy atom. The minimum Gasteiger partial charge on any atom is -0.493 e. The van der Waals surface area contributed by atoms with Crippen molar-refractivity contribution in [2.45, 2.75) is 32.2 Å². The van der Waals surface area contributed by atoms with E-state index in [1.54, 1.807) is 18.2 Å². The van der Waals surface area contributed by atoms with Gasteiger partial charge in [0, 0.05) is 0 Å². The van der Waals surface area contributed by atoms with E-state index in [0.29, 0.717) is 17.1 Å². The Labute approximate surface area is 154 Å². The summed E-state index contributed by atoms with van der Waals surface area (Å²) in [6.45, 7) is 6.38. The maximum absolute atomic E-state index is 12.7. The standard InChI is InChI=1S/C21H24N2O3/c1-21(2,3)15-11-9-14(10-12-15)17(13-22)23-20(24)16-7-6-8-18(25-4)19(16)26-5/h6-12,17H,1-5H3,(H,23,24). The molecule has 136 valence electrons. The van der Waals surface area contributed by atoms with E-state index < -0.39 is 11.9 Å². The van der Waals surface area contributed by atoms with Gasteiger partial charge in [0.05, 0.1) is 25.9 Å². The monoisotopic (exact) mass is 352 g/mol. The van der Waals surface area contributed by atoms with Crippen molar-refractivity contribution in [3.8, 4) is 17.6 Å². The molecule has 0 heterocycles. The number of nitriles is 1. The number of ether oxygens (including phenoxy) is 2. The summed E-state index contributed by atoms with van der Waals surface area (Å²) in [6.07, 6.45) is 0. The minimum absolute atomic E-state index is 0.0257. The van der Waals surface area contributed by atoms with E-state index in [4.69, 9.17) is 9.47 Å². The molecule has 2 rings (SSSR count). The van der Waals surface area contributed by atoms with Crippen LogP contribution in [-0.4, -0.2) is 20.1 Å². The van der Waals surface area contributed by atoms with Gasteiger partial charge in [-0.25, -0.2) is 0 Å². The number of methoxy groups -OCH3 is 2. The molecule has 0 aliphatic carbocycles. The maximum Gasteiger partial charge on any atom is 0.256 e. The minimum atomic E-state index is -0.757. The number of hydrogen-bond acceptors (Lipinski definition) is 4. The molecular weight excluding hydrogens is 328 g/mol. The second-order valence-electron chi connectivity index (χ2n) is 6.95. The molecule has 0 aromatic heterocycles. The molecule has 1 amide bonds. The van der Waals surface area contributed by atoms with Crippen molar-refractivity contribution < 1.29 is 14.3 Å². The molecule has 26 heavy (non-hydrogen) atoms. The maximum atomic E-state index is 12.7. The van der Waals surface area contributed by atoms with E-state index >= 15 is 0 Å². The van der Waals surface area contributed by atoms with Crippen molar-refractivity contribution in [2.75, 3.05) is 14.2 Å². The van der Waals surface area contributed by atoms with E-state index in [1.165, 1.54) is 19.8 Å². The largest absolute Gasteiger partial charge is 0.493 e. The van der Waals surface area contributed by atoms with Crippen molar-refractivity contribution in [1.82, 2.24) is 5.32 Å². The number of hydrogen-bond donors (Lipinski definition) is 1. The van der Waals surface area contributed by atoms with Gasteiger partial charge in [-0.1, -0.05) is 51.1 Å². The van der Waals surface area contributed by atoms with Gasteiger partial charge in [-0.05, 0) is 28.7 Å². The Morgan fingerprint density at radius 1 is 1.08 bits per heavy atom. The molecule has 0 radical (unpaired) electrons. The lowest BCUT2D eigenvalue weighted by Crippen LogP contribution is -2.28. The molecule has 1 unspecified atom stereocenters. The van der Waals surface area contributed by atoms with Gasteiger partial charge in [0.15, 0.2) is 11.5 Å². The summed E-state index contributed by atoms with van der Waals surface area (Å²) in [5.41, 5.74) is 2.24. The first-order valence-electron chi connectivity index (χ1n) is 8.33. The lowest BCUT2D eigenvalue weighted by molar-refractivity contribution is 0.0941. The summed E-state index contributed by atoms with van der Waals surface area (Å²) >= 11 is 0. The van der Waals surface area contributed by atoms with Gasteiger partial charge in [-0.15, -0.1) is 0 Å². The molecule has 5 nitrogen and oxygen atoms in total. The number of carbonyl (C=O) groups is 1. The highest BCUT2D eigenvalue weighted by atomic mass is 16.5. The highest BCUT2D eigenvalue weighted by Gasteiger charge is 2.21. The summed E-state index contributed by atoms with van der Waals surface area (Å²) in [5, 5.41) is 12.3. The fourth-order valence-electron chi connectivity index (χ4n) is 2.64. The first-order valence-corrected chi connectivity index (χ1v) is 8.33. The number of benzene rings is 2. The zero-order valence-corrected chi connectivity index (χ0v) is 15.8. The van der Waals surface area contributed by atoms with Crippen LogP contribution in [-0.2, 0) is 5.41 Å². The molecule has 2 aromatic rings. The van der Waals surface area contributed by atoms with Gasteiger partial charge < -0.3 is 14.8 Å². The average molecular weight is 352 g/mol. The van der Waals surface area contributed by atoms with E-state index in [2.05, 4.69) is 32.2 Å². The summed E-state index contributed by atoms with van der Waals surface area (Å²) in [7, 11) is 2.98. The second-order valence-corrected chi connectivity index (χ2v) is 6.95. The quantitative estimate of drug-likeness (QED) is 0.883. The molecule has 0 spiro atoms. The molecule has 0 aliphatic rings. The van der Waals surface area contributed by atoms with Crippen LogP contribution in [0, 0.1) is 11.3 Å². The summed E-state index contributed by atoms with van der Waals surface area (Å²) in [6, 6.07) is 14.1. The van der Waals surface area contributed by atoms with Crippen LogP contribution in [0.5, 0.6) is 11.5 Å². The molecular formula is C21H24N2O3. The van der Waals surface area contributed by atoms with E-state index in [0.717, 1.165) is 5.56 Å². The summed E-state index contributed by atoms with van der Waals surface area (Å²) in [4.78, 5) is 12.7.